The monoisotopic (exact) mass is 428 g/mol. The number of aromatic nitrogens is 4. The van der Waals surface area contributed by atoms with Crippen LogP contribution in [0, 0.1) is 6.92 Å². The van der Waals surface area contributed by atoms with Crippen LogP contribution in [-0.4, -0.2) is 38.6 Å². The van der Waals surface area contributed by atoms with Gasteiger partial charge in [-0.1, -0.05) is 28.1 Å². The van der Waals surface area contributed by atoms with Gasteiger partial charge in [-0.25, -0.2) is 4.68 Å². The van der Waals surface area contributed by atoms with Crippen LogP contribution < -0.4 is 10.6 Å². The number of carbonyl (C=O) groups excluding carboxylic acids is 2. The molecule has 3 rings (SSSR count). The third kappa shape index (κ3) is 4.98. The minimum absolute atomic E-state index is 0.168. The normalized spacial score (nSPS) is 10.4. The lowest BCUT2D eigenvalue weighted by Crippen LogP contribution is -2.27. The molecule has 0 radical (unpaired) electrons. The van der Waals surface area contributed by atoms with E-state index in [0.717, 1.165) is 15.7 Å². The second-order valence-electron chi connectivity index (χ2n) is 5.82. The topological polar surface area (TPSA) is 102 Å². The molecular weight excluding hydrogens is 412 g/mol. The number of nitrogens with one attached hydrogen (secondary N) is 2. The summed E-state index contributed by atoms with van der Waals surface area (Å²) in [4.78, 5) is 24.4. The number of nitrogens with zero attached hydrogens (tertiary/aromatic N) is 4. The highest BCUT2D eigenvalue weighted by atomic mass is 79.9. The summed E-state index contributed by atoms with van der Waals surface area (Å²) >= 11 is 3.38. The molecule has 138 valence electrons. The fourth-order valence-electron chi connectivity index (χ4n) is 2.40. The number of anilines is 1. The lowest BCUT2D eigenvalue weighted by Gasteiger charge is -2.10. The fraction of sp³-hybridized carbons (Fsp3) is 0.167. The van der Waals surface area contributed by atoms with Crippen LogP contribution in [0.3, 0.4) is 0 Å². The van der Waals surface area contributed by atoms with E-state index in [0.29, 0.717) is 11.3 Å². The van der Waals surface area contributed by atoms with Crippen molar-refractivity contribution in [1.82, 2.24) is 25.5 Å². The molecule has 0 spiro atoms. The summed E-state index contributed by atoms with van der Waals surface area (Å²) in [6, 6.07) is 12.6. The van der Waals surface area contributed by atoms with Gasteiger partial charge in [-0.15, -0.1) is 5.10 Å². The molecule has 2 aromatic carbocycles. The van der Waals surface area contributed by atoms with Crippen LogP contribution in [0.15, 0.2) is 53.3 Å². The lowest BCUT2D eigenvalue weighted by atomic mass is 10.2. The summed E-state index contributed by atoms with van der Waals surface area (Å²) in [5.41, 5.74) is 2.85. The van der Waals surface area contributed by atoms with Crippen molar-refractivity contribution in [3.05, 3.63) is 64.4 Å². The zero-order valence-corrected chi connectivity index (χ0v) is 16.1. The highest BCUT2D eigenvalue weighted by Gasteiger charge is 2.09. The summed E-state index contributed by atoms with van der Waals surface area (Å²) in [5.74, 6) is -0.435. The standard InChI is InChI=1S/C18H17BrN6O2/c1-12-5-6-14(19)10-16(12)22-17(26)7-8-20-18(27)13-3-2-4-15(9-13)25-11-21-23-24-25/h2-6,9-11H,7-8H2,1H3,(H,20,27)(H,22,26). The molecule has 27 heavy (non-hydrogen) atoms. The first-order chi connectivity index (χ1) is 13.0. The maximum Gasteiger partial charge on any atom is 0.251 e. The molecule has 8 nitrogen and oxygen atoms in total. The Balaban J connectivity index is 1.53. The van der Waals surface area contributed by atoms with Crippen LogP contribution in [0.25, 0.3) is 5.69 Å². The Labute approximate surface area is 164 Å². The lowest BCUT2D eigenvalue weighted by molar-refractivity contribution is -0.116. The van der Waals surface area contributed by atoms with Gasteiger partial charge in [-0.05, 0) is 53.2 Å². The molecule has 3 aromatic rings. The molecule has 0 saturated carbocycles. The van der Waals surface area contributed by atoms with E-state index in [9.17, 15) is 9.59 Å². The summed E-state index contributed by atoms with van der Waals surface area (Å²) < 4.78 is 2.35. The third-order valence-electron chi connectivity index (χ3n) is 3.83. The zero-order chi connectivity index (χ0) is 19.2. The van der Waals surface area contributed by atoms with Gasteiger partial charge in [-0.3, -0.25) is 9.59 Å². The summed E-state index contributed by atoms with van der Waals surface area (Å²) in [6.07, 6.45) is 1.62. The predicted octanol–water partition coefficient (Wildman–Crippen LogP) is 2.49. The molecule has 2 N–H and O–H groups in total. The molecule has 0 fully saturated rings. The number of halogens is 1. The highest BCUT2D eigenvalue weighted by Crippen LogP contribution is 2.20. The van der Waals surface area contributed by atoms with Gasteiger partial charge in [0.05, 0.1) is 5.69 Å². The van der Waals surface area contributed by atoms with Gasteiger partial charge >= 0.3 is 0 Å². The molecule has 0 atom stereocenters. The third-order valence-corrected chi connectivity index (χ3v) is 4.33. The predicted molar refractivity (Wildman–Crippen MR) is 104 cm³/mol. The van der Waals surface area contributed by atoms with Crippen LogP contribution in [0.4, 0.5) is 5.69 Å². The van der Waals surface area contributed by atoms with Crippen molar-refractivity contribution in [2.75, 3.05) is 11.9 Å². The molecule has 0 unspecified atom stereocenters. The molecular formula is C18H17BrN6O2. The van der Waals surface area contributed by atoms with Crippen LogP contribution in [0.1, 0.15) is 22.3 Å². The Bertz CT molecular complexity index is 958. The number of hydrogen-bond donors (Lipinski definition) is 2. The largest absolute Gasteiger partial charge is 0.352 e. The Kier molecular flexibility index (Phi) is 5.92. The average Bonchev–Trinajstić information content (AvgIpc) is 3.19. The van der Waals surface area contributed by atoms with Gasteiger partial charge < -0.3 is 10.6 Å². The second kappa shape index (κ2) is 8.54. The Hall–Kier alpha value is -3.07. The number of benzene rings is 2. The van der Waals surface area contributed by atoms with E-state index in [4.69, 9.17) is 0 Å². The highest BCUT2D eigenvalue weighted by molar-refractivity contribution is 9.10. The Morgan fingerprint density at radius 1 is 1.19 bits per heavy atom. The number of aryl methyl sites for hydroxylation is 1. The van der Waals surface area contributed by atoms with Crippen molar-refractivity contribution in [3.63, 3.8) is 0 Å². The maximum absolute atomic E-state index is 12.3. The molecule has 0 aliphatic carbocycles. The fourth-order valence-corrected chi connectivity index (χ4v) is 2.76. The molecule has 0 aliphatic rings. The number of hydrogen-bond acceptors (Lipinski definition) is 5. The minimum atomic E-state index is -0.267. The first-order valence-electron chi connectivity index (χ1n) is 8.20. The number of amides is 2. The summed E-state index contributed by atoms with van der Waals surface area (Å²) in [7, 11) is 0. The maximum atomic E-state index is 12.3. The molecule has 2 amide bonds. The van der Waals surface area contributed by atoms with Gasteiger partial charge in [0.2, 0.25) is 5.91 Å². The van der Waals surface area contributed by atoms with E-state index in [2.05, 4.69) is 42.1 Å². The van der Waals surface area contributed by atoms with Gasteiger partial charge in [0, 0.05) is 28.7 Å². The Morgan fingerprint density at radius 3 is 2.81 bits per heavy atom. The molecule has 9 heteroatoms. The second-order valence-corrected chi connectivity index (χ2v) is 6.73. The first kappa shape index (κ1) is 18.7. The smallest absolute Gasteiger partial charge is 0.251 e. The van der Waals surface area contributed by atoms with Crippen molar-refractivity contribution >= 4 is 33.4 Å². The van der Waals surface area contributed by atoms with Crippen molar-refractivity contribution < 1.29 is 9.59 Å². The number of rotatable bonds is 6. The average molecular weight is 429 g/mol. The number of tetrazole rings is 1. The van der Waals surface area contributed by atoms with Crippen molar-refractivity contribution in [2.24, 2.45) is 0 Å². The van der Waals surface area contributed by atoms with Crippen LogP contribution in [-0.2, 0) is 4.79 Å². The van der Waals surface area contributed by atoms with Crippen LogP contribution in [0.5, 0.6) is 0 Å². The molecule has 1 aromatic heterocycles. The Morgan fingerprint density at radius 2 is 2.04 bits per heavy atom. The molecule has 0 saturated heterocycles. The molecule has 0 bridgehead atoms. The van der Waals surface area contributed by atoms with Gasteiger partial charge in [0.15, 0.2) is 0 Å². The summed E-state index contributed by atoms with van der Waals surface area (Å²) in [6.45, 7) is 2.15. The van der Waals surface area contributed by atoms with Crippen LogP contribution >= 0.6 is 15.9 Å². The minimum Gasteiger partial charge on any atom is -0.352 e. The van der Waals surface area contributed by atoms with E-state index in [-0.39, 0.29) is 24.8 Å². The number of carbonyl (C=O) groups is 2. The van der Waals surface area contributed by atoms with E-state index in [1.165, 1.54) is 11.0 Å². The molecule has 1 heterocycles. The van der Waals surface area contributed by atoms with Crippen molar-refractivity contribution in [2.45, 2.75) is 13.3 Å². The van der Waals surface area contributed by atoms with Crippen molar-refractivity contribution in [1.29, 1.82) is 0 Å². The van der Waals surface area contributed by atoms with Gasteiger partial charge in [0.25, 0.3) is 5.91 Å². The summed E-state index contributed by atoms with van der Waals surface area (Å²) in [5, 5.41) is 16.5. The quantitative estimate of drug-likeness (QED) is 0.627. The van der Waals surface area contributed by atoms with Gasteiger partial charge in [0.1, 0.15) is 6.33 Å². The SMILES string of the molecule is Cc1ccc(Br)cc1NC(=O)CCNC(=O)c1cccc(-n2cnnn2)c1. The van der Waals surface area contributed by atoms with E-state index in [1.807, 2.05) is 25.1 Å². The first-order valence-corrected chi connectivity index (χ1v) is 9.00. The molecule has 0 aliphatic heterocycles. The van der Waals surface area contributed by atoms with E-state index in [1.54, 1.807) is 24.3 Å². The van der Waals surface area contributed by atoms with E-state index < -0.39 is 0 Å². The van der Waals surface area contributed by atoms with Crippen LogP contribution in [0.2, 0.25) is 0 Å². The van der Waals surface area contributed by atoms with Gasteiger partial charge in [-0.2, -0.15) is 0 Å². The van der Waals surface area contributed by atoms with Crippen molar-refractivity contribution in [3.8, 4) is 5.69 Å². The van der Waals surface area contributed by atoms with E-state index >= 15 is 0 Å². The zero-order valence-electron chi connectivity index (χ0n) is 14.5.